The number of hydrogen-bond acceptors (Lipinski definition) is 5. The summed E-state index contributed by atoms with van der Waals surface area (Å²) < 4.78 is 5.57. The summed E-state index contributed by atoms with van der Waals surface area (Å²) in [5.74, 6) is 0.872. The maximum absolute atomic E-state index is 12.9. The van der Waals surface area contributed by atoms with Crippen LogP contribution in [0, 0.1) is 6.92 Å². The van der Waals surface area contributed by atoms with Gasteiger partial charge in [0.2, 0.25) is 0 Å². The van der Waals surface area contributed by atoms with E-state index in [4.69, 9.17) is 10.2 Å². The molecule has 1 aliphatic rings. The number of aromatic amines is 1. The van der Waals surface area contributed by atoms with Gasteiger partial charge in [-0.2, -0.15) is 5.10 Å². The highest BCUT2D eigenvalue weighted by atomic mass is 32.1. The lowest BCUT2D eigenvalue weighted by atomic mass is 10.2. The van der Waals surface area contributed by atoms with Crippen molar-refractivity contribution in [1.29, 1.82) is 0 Å². The Morgan fingerprint density at radius 1 is 1.35 bits per heavy atom. The first-order valence-corrected chi connectivity index (χ1v) is 9.17. The molecule has 7 nitrogen and oxygen atoms in total. The number of H-pyrrole nitrogens is 1. The summed E-state index contributed by atoms with van der Waals surface area (Å²) >= 11 is 1.35. The normalized spacial score (nSPS) is 17.0. The van der Waals surface area contributed by atoms with Crippen LogP contribution in [0.1, 0.15) is 49.7 Å². The summed E-state index contributed by atoms with van der Waals surface area (Å²) in [5.41, 5.74) is 6.36. The Morgan fingerprint density at radius 2 is 2.19 bits per heavy atom. The molecule has 134 valence electrons. The largest absolute Gasteiger partial charge is 0.460 e. The van der Waals surface area contributed by atoms with Crippen molar-refractivity contribution in [2.24, 2.45) is 5.73 Å². The molecule has 1 atom stereocenters. The van der Waals surface area contributed by atoms with Gasteiger partial charge in [-0.1, -0.05) is 0 Å². The van der Waals surface area contributed by atoms with E-state index in [-0.39, 0.29) is 11.9 Å². The van der Waals surface area contributed by atoms with Gasteiger partial charge in [0.15, 0.2) is 11.5 Å². The molecule has 3 aromatic rings. The molecule has 4 rings (SSSR count). The minimum Gasteiger partial charge on any atom is -0.460 e. The molecule has 26 heavy (non-hydrogen) atoms. The van der Waals surface area contributed by atoms with Gasteiger partial charge in [0.05, 0.1) is 10.9 Å². The Morgan fingerprint density at radius 3 is 2.88 bits per heavy atom. The summed E-state index contributed by atoms with van der Waals surface area (Å²) in [6.07, 6.45) is 1.77. The van der Waals surface area contributed by atoms with Gasteiger partial charge < -0.3 is 15.1 Å². The van der Waals surface area contributed by atoms with E-state index >= 15 is 0 Å². The number of thiophene rings is 1. The highest BCUT2D eigenvalue weighted by molar-refractivity contribution is 7.14. The Bertz CT molecular complexity index is 971. The number of likely N-dealkylation sites (tertiary alicyclic amines) is 1. The number of rotatable bonds is 4. The number of aryl methyl sites for hydroxylation is 1. The first-order valence-electron chi connectivity index (χ1n) is 8.35. The molecule has 1 saturated heterocycles. The zero-order chi connectivity index (χ0) is 18.3. The van der Waals surface area contributed by atoms with Gasteiger partial charge in [-0.15, -0.1) is 11.3 Å². The Labute approximate surface area is 153 Å². The third-order valence-electron chi connectivity index (χ3n) is 4.51. The summed E-state index contributed by atoms with van der Waals surface area (Å²) in [6.45, 7) is 2.53. The second-order valence-electron chi connectivity index (χ2n) is 6.30. The maximum Gasteiger partial charge on any atom is 0.274 e. The van der Waals surface area contributed by atoms with Crippen molar-refractivity contribution in [1.82, 2.24) is 15.1 Å². The molecule has 3 N–H and O–H groups in total. The van der Waals surface area contributed by atoms with E-state index in [9.17, 15) is 9.59 Å². The fourth-order valence-corrected chi connectivity index (χ4v) is 4.26. The summed E-state index contributed by atoms with van der Waals surface area (Å²) in [7, 11) is 0. The van der Waals surface area contributed by atoms with Gasteiger partial charge in [0.1, 0.15) is 11.5 Å². The SMILES string of the molecule is Cc1ccc(-c2cc(C(=O)N3CCCC3c3ccc(C(N)=O)s3)n[nH]2)o1. The van der Waals surface area contributed by atoms with Crippen molar-refractivity contribution >= 4 is 23.2 Å². The van der Waals surface area contributed by atoms with E-state index in [0.29, 0.717) is 28.6 Å². The van der Waals surface area contributed by atoms with Crippen molar-refractivity contribution in [3.8, 4) is 11.5 Å². The number of primary amides is 1. The topological polar surface area (TPSA) is 105 Å². The van der Waals surface area contributed by atoms with Gasteiger partial charge in [0.25, 0.3) is 11.8 Å². The van der Waals surface area contributed by atoms with Crippen LogP contribution in [0.4, 0.5) is 0 Å². The number of nitrogens with one attached hydrogen (secondary N) is 1. The highest BCUT2D eigenvalue weighted by Gasteiger charge is 2.33. The van der Waals surface area contributed by atoms with Gasteiger partial charge in [-0.25, -0.2) is 0 Å². The van der Waals surface area contributed by atoms with Gasteiger partial charge >= 0.3 is 0 Å². The average molecular weight is 370 g/mol. The van der Waals surface area contributed by atoms with Crippen LogP contribution < -0.4 is 5.73 Å². The second kappa shape index (κ2) is 6.45. The quantitative estimate of drug-likeness (QED) is 0.736. The third kappa shape index (κ3) is 2.92. The zero-order valence-corrected chi connectivity index (χ0v) is 15.0. The van der Waals surface area contributed by atoms with Crippen LogP contribution in [0.15, 0.2) is 34.7 Å². The molecular formula is C18H18N4O3S. The van der Waals surface area contributed by atoms with E-state index in [1.807, 2.05) is 30.0 Å². The molecule has 3 aromatic heterocycles. The fraction of sp³-hybridized carbons (Fsp3) is 0.278. The third-order valence-corrected chi connectivity index (χ3v) is 5.72. The molecule has 0 radical (unpaired) electrons. The van der Waals surface area contributed by atoms with Crippen LogP contribution in [0.5, 0.6) is 0 Å². The highest BCUT2D eigenvalue weighted by Crippen LogP contribution is 2.36. The lowest BCUT2D eigenvalue weighted by Crippen LogP contribution is -2.30. The minimum atomic E-state index is -0.442. The molecule has 2 amide bonds. The predicted molar refractivity (Wildman–Crippen MR) is 96.9 cm³/mol. The van der Waals surface area contributed by atoms with Crippen molar-refractivity contribution in [2.75, 3.05) is 6.54 Å². The standard InChI is InChI=1S/C18H18N4O3S/c1-10-4-5-14(25-10)11-9-12(21-20-11)18(24)22-8-2-3-13(22)15-6-7-16(26-15)17(19)23/h4-7,9,13H,2-3,8H2,1H3,(H2,19,23)(H,20,21). The fourth-order valence-electron chi connectivity index (χ4n) is 3.25. The second-order valence-corrected chi connectivity index (χ2v) is 7.42. The molecule has 0 saturated carbocycles. The Balaban J connectivity index is 1.57. The minimum absolute atomic E-state index is 0.0494. The molecule has 1 aliphatic heterocycles. The van der Waals surface area contributed by atoms with Crippen molar-refractivity contribution in [2.45, 2.75) is 25.8 Å². The Hall–Kier alpha value is -2.87. The average Bonchev–Trinajstić information content (AvgIpc) is 3.37. The van der Waals surface area contributed by atoms with Crippen molar-refractivity contribution in [3.63, 3.8) is 0 Å². The predicted octanol–water partition coefficient (Wildman–Crippen LogP) is 3.12. The summed E-state index contributed by atoms with van der Waals surface area (Å²) in [6, 6.07) is 8.96. The van der Waals surface area contributed by atoms with E-state index < -0.39 is 5.91 Å². The van der Waals surface area contributed by atoms with Crippen molar-refractivity contribution in [3.05, 3.63) is 51.5 Å². The monoisotopic (exact) mass is 370 g/mol. The smallest absolute Gasteiger partial charge is 0.274 e. The number of carbonyl (C=O) groups excluding carboxylic acids is 2. The van der Waals surface area contributed by atoms with E-state index in [0.717, 1.165) is 23.5 Å². The molecule has 0 spiro atoms. The Kier molecular flexibility index (Phi) is 4.12. The molecule has 1 fully saturated rings. The number of nitrogens with two attached hydrogens (primary N) is 1. The van der Waals surface area contributed by atoms with Gasteiger partial charge in [-0.3, -0.25) is 14.7 Å². The number of hydrogen-bond donors (Lipinski definition) is 2. The first kappa shape index (κ1) is 16.6. The van der Waals surface area contributed by atoms with E-state index in [1.165, 1.54) is 11.3 Å². The molecule has 1 unspecified atom stereocenters. The number of nitrogens with zero attached hydrogens (tertiary/aromatic N) is 2. The molecule has 0 aliphatic carbocycles. The van der Waals surface area contributed by atoms with Crippen LogP contribution in [-0.2, 0) is 0 Å². The lowest BCUT2D eigenvalue weighted by Gasteiger charge is -2.22. The van der Waals surface area contributed by atoms with E-state index in [2.05, 4.69) is 10.2 Å². The molecule has 0 bridgehead atoms. The van der Waals surface area contributed by atoms with Crippen LogP contribution in [-0.4, -0.2) is 33.5 Å². The summed E-state index contributed by atoms with van der Waals surface area (Å²) in [4.78, 5) is 27.6. The van der Waals surface area contributed by atoms with Crippen LogP contribution in [0.3, 0.4) is 0 Å². The van der Waals surface area contributed by atoms with Gasteiger partial charge in [-0.05, 0) is 44.0 Å². The van der Waals surface area contributed by atoms with Crippen LogP contribution >= 0.6 is 11.3 Å². The number of amides is 2. The molecule has 8 heteroatoms. The summed E-state index contributed by atoms with van der Waals surface area (Å²) in [5, 5.41) is 7.02. The lowest BCUT2D eigenvalue weighted by molar-refractivity contribution is 0.0731. The van der Waals surface area contributed by atoms with Gasteiger partial charge in [0, 0.05) is 17.5 Å². The maximum atomic E-state index is 12.9. The first-order chi connectivity index (χ1) is 12.5. The van der Waals surface area contributed by atoms with Crippen LogP contribution in [0.2, 0.25) is 0 Å². The number of furan rings is 1. The van der Waals surface area contributed by atoms with Crippen LogP contribution in [0.25, 0.3) is 11.5 Å². The van der Waals surface area contributed by atoms with E-state index in [1.54, 1.807) is 12.1 Å². The molecule has 4 heterocycles. The molecular weight excluding hydrogens is 352 g/mol. The zero-order valence-electron chi connectivity index (χ0n) is 14.2. The number of carbonyl (C=O) groups is 2. The number of aromatic nitrogens is 2. The van der Waals surface area contributed by atoms with Crippen molar-refractivity contribution < 1.29 is 14.0 Å². The molecule has 0 aromatic carbocycles.